The van der Waals surface area contributed by atoms with E-state index < -0.39 is 10.0 Å². The van der Waals surface area contributed by atoms with Crippen molar-refractivity contribution in [1.82, 2.24) is 9.62 Å². The van der Waals surface area contributed by atoms with Crippen LogP contribution in [0.5, 0.6) is 0 Å². The number of halogens is 1. The molecular formula is C12H21BrN2O4S. The Bertz CT molecular complexity index is 528. The first kappa shape index (κ1) is 17.6. The normalized spacial score (nSPS) is 12.6. The smallest absolute Gasteiger partial charge is 0.244 e. The molecule has 116 valence electrons. The third kappa shape index (κ3) is 4.85. The van der Waals surface area contributed by atoms with E-state index in [1.807, 2.05) is 7.05 Å². The van der Waals surface area contributed by atoms with Gasteiger partial charge in [0.2, 0.25) is 10.0 Å². The highest BCUT2D eigenvalue weighted by Crippen LogP contribution is 2.25. The van der Waals surface area contributed by atoms with Gasteiger partial charge in [-0.2, -0.15) is 0 Å². The molecule has 1 rings (SSSR count). The summed E-state index contributed by atoms with van der Waals surface area (Å²) in [7, 11) is -1.62. The van der Waals surface area contributed by atoms with Gasteiger partial charge in [0.1, 0.15) is 17.3 Å². The molecule has 0 aliphatic rings. The molecule has 2 N–H and O–H groups in total. The van der Waals surface area contributed by atoms with E-state index in [4.69, 9.17) is 9.52 Å². The fourth-order valence-corrected chi connectivity index (χ4v) is 3.60. The lowest BCUT2D eigenvalue weighted by Gasteiger charge is -2.20. The Kier molecular flexibility index (Phi) is 6.67. The second kappa shape index (κ2) is 7.56. The van der Waals surface area contributed by atoms with Crippen molar-refractivity contribution in [3.8, 4) is 0 Å². The van der Waals surface area contributed by atoms with E-state index in [-0.39, 0.29) is 21.9 Å². The predicted molar refractivity (Wildman–Crippen MR) is 79.9 cm³/mol. The quantitative estimate of drug-likeness (QED) is 0.680. The van der Waals surface area contributed by atoms with Crippen molar-refractivity contribution in [2.45, 2.75) is 37.8 Å². The molecule has 0 amide bonds. The highest BCUT2D eigenvalue weighted by atomic mass is 79.9. The van der Waals surface area contributed by atoms with Crippen LogP contribution in [-0.4, -0.2) is 44.6 Å². The number of nitrogens with zero attached hydrogens (tertiary/aromatic N) is 1. The third-order valence-corrected chi connectivity index (χ3v) is 5.33. The molecule has 0 saturated heterocycles. The first-order valence-electron chi connectivity index (χ1n) is 6.37. The number of nitrogens with one attached hydrogen (secondary N) is 1. The summed E-state index contributed by atoms with van der Waals surface area (Å²) in [6.45, 7) is 5.00. The van der Waals surface area contributed by atoms with E-state index >= 15 is 0 Å². The zero-order chi connectivity index (χ0) is 15.3. The van der Waals surface area contributed by atoms with Crippen LogP contribution in [0.1, 0.15) is 26.0 Å². The Morgan fingerprint density at radius 3 is 2.65 bits per heavy atom. The van der Waals surface area contributed by atoms with E-state index in [9.17, 15) is 8.42 Å². The molecular weight excluding hydrogens is 348 g/mol. The molecule has 0 bridgehead atoms. The number of rotatable bonds is 8. The fraction of sp³-hybridized carbons (Fsp3) is 0.667. The van der Waals surface area contributed by atoms with Crippen LogP contribution in [0.25, 0.3) is 0 Å². The zero-order valence-electron chi connectivity index (χ0n) is 11.9. The second-order valence-electron chi connectivity index (χ2n) is 4.83. The van der Waals surface area contributed by atoms with Crippen molar-refractivity contribution in [1.29, 1.82) is 0 Å². The topological polar surface area (TPSA) is 82.8 Å². The molecule has 0 fully saturated rings. The van der Waals surface area contributed by atoms with Crippen molar-refractivity contribution in [2.75, 3.05) is 20.1 Å². The number of hydrogen-bond acceptors (Lipinski definition) is 5. The summed E-state index contributed by atoms with van der Waals surface area (Å²) in [5.74, 6) is 0.205. The minimum absolute atomic E-state index is 0.0127. The molecule has 0 radical (unpaired) electrons. The van der Waals surface area contributed by atoms with Gasteiger partial charge in [0, 0.05) is 18.7 Å². The standard InChI is InChI=1S/C12H21BrN2O4S/c1-9(2)15(3)6-4-5-14-20(17,18)11-7-10(8-16)19-12(11)13/h7,9,14,16H,4-6,8H2,1-3H3. The van der Waals surface area contributed by atoms with Crippen LogP contribution in [0.4, 0.5) is 0 Å². The predicted octanol–water partition coefficient (Wildman–Crippen LogP) is 1.54. The van der Waals surface area contributed by atoms with Crippen molar-refractivity contribution in [3.63, 3.8) is 0 Å². The molecule has 0 saturated carbocycles. The average molecular weight is 369 g/mol. The van der Waals surface area contributed by atoms with Gasteiger partial charge in [0.15, 0.2) is 4.67 Å². The zero-order valence-corrected chi connectivity index (χ0v) is 14.3. The van der Waals surface area contributed by atoms with Gasteiger partial charge in [-0.1, -0.05) is 0 Å². The van der Waals surface area contributed by atoms with Gasteiger partial charge < -0.3 is 14.4 Å². The Labute approximate surface area is 128 Å². The molecule has 20 heavy (non-hydrogen) atoms. The summed E-state index contributed by atoms with van der Waals surface area (Å²) in [6.07, 6.45) is 0.718. The molecule has 8 heteroatoms. The molecule has 1 aromatic heterocycles. The number of furan rings is 1. The van der Waals surface area contributed by atoms with E-state index in [1.54, 1.807) is 0 Å². The van der Waals surface area contributed by atoms with Crippen LogP contribution in [0.2, 0.25) is 0 Å². The van der Waals surface area contributed by atoms with Crippen LogP contribution < -0.4 is 4.72 Å². The van der Waals surface area contributed by atoms with Crippen molar-refractivity contribution in [3.05, 3.63) is 16.5 Å². The summed E-state index contributed by atoms with van der Waals surface area (Å²) < 4.78 is 31.8. The highest BCUT2D eigenvalue weighted by molar-refractivity contribution is 9.10. The minimum Gasteiger partial charge on any atom is -0.450 e. The Hall–Kier alpha value is -0.410. The van der Waals surface area contributed by atoms with Gasteiger partial charge in [0.05, 0.1) is 0 Å². The molecule has 0 spiro atoms. The summed E-state index contributed by atoms with van der Waals surface area (Å²) in [5.41, 5.74) is 0. The van der Waals surface area contributed by atoms with Crippen molar-refractivity contribution >= 4 is 26.0 Å². The fourth-order valence-electron chi connectivity index (χ4n) is 1.53. The maximum Gasteiger partial charge on any atom is 0.244 e. The molecule has 0 aliphatic carbocycles. The van der Waals surface area contributed by atoms with Crippen LogP contribution >= 0.6 is 15.9 Å². The summed E-state index contributed by atoms with van der Waals surface area (Å²) in [6, 6.07) is 1.74. The second-order valence-corrected chi connectivity index (χ2v) is 7.29. The summed E-state index contributed by atoms with van der Waals surface area (Å²) in [4.78, 5) is 2.16. The van der Waals surface area contributed by atoms with Gasteiger partial charge in [-0.3, -0.25) is 0 Å². The summed E-state index contributed by atoms with van der Waals surface area (Å²) in [5, 5.41) is 8.93. The van der Waals surface area contributed by atoms with Gasteiger partial charge in [-0.05, 0) is 49.8 Å². The monoisotopic (exact) mass is 368 g/mol. The Morgan fingerprint density at radius 1 is 1.50 bits per heavy atom. The first-order valence-corrected chi connectivity index (χ1v) is 8.64. The van der Waals surface area contributed by atoms with E-state index in [2.05, 4.69) is 39.4 Å². The maximum absolute atomic E-state index is 12.1. The first-order chi connectivity index (χ1) is 9.27. The van der Waals surface area contributed by atoms with E-state index in [1.165, 1.54) is 6.07 Å². The van der Waals surface area contributed by atoms with Crippen molar-refractivity contribution < 1.29 is 17.9 Å². The number of hydrogen-bond donors (Lipinski definition) is 2. The number of aliphatic hydroxyl groups excluding tert-OH is 1. The minimum atomic E-state index is -3.62. The van der Waals surface area contributed by atoms with Crippen LogP contribution in [0.3, 0.4) is 0 Å². The molecule has 0 unspecified atom stereocenters. The Morgan fingerprint density at radius 2 is 2.15 bits per heavy atom. The van der Waals surface area contributed by atoms with Gasteiger partial charge >= 0.3 is 0 Å². The molecule has 1 aromatic rings. The summed E-state index contributed by atoms with van der Waals surface area (Å²) >= 11 is 3.04. The van der Waals surface area contributed by atoms with E-state index in [0.717, 1.165) is 13.0 Å². The van der Waals surface area contributed by atoms with Gasteiger partial charge in [-0.15, -0.1) is 0 Å². The average Bonchev–Trinajstić information content (AvgIpc) is 2.76. The molecule has 1 heterocycles. The third-order valence-electron chi connectivity index (χ3n) is 3.01. The van der Waals surface area contributed by atoms with Crippen LogP contribution in [0.15, 0.2) is 20.0 Å². The van der Waals surface area contributed by atoms with Gasteiger partial charge in [0.25, 0.3) is 0 Å². The lowest BCUT2D eigenvalue weighted by molar-refractivity contribution is 0.245. The molecule has 0 aromatic carbocycles. The lowest BCUT2D eigenvalue weighted by Crippen LogP contribution is -2.31. The number of aliphatic hydroxyl groups is 1. The van der Waals surface area contributed by atoms with E-state index in [0.29, 0.717) is 12.6 Å². The maximum atomic E-state index is 12.1. The lowest BCUT2D eigenvalue weighted by atomic mass is 10.3. The van der Waals surface area contributed by atoms with Crippen LogP contribution in [0, 0.1) is 0 Å². The number of sulfonamides is 1. The Balaban J connectivity index is 2.55. The van der Waals surface area contributed by atoms with Crippen molar-refractivity contribution in [2.24, 2.45) is 0 Å². The molecule has 0 atom stereocenters. The molecule has 6 nitrogen and oxygen atoms in total. The molecule has 0 aliphatic heterocycles. The largest absolute Gasteiger partial charge is 0.450 e. The SMILES string of the molecule is CC(C)N(C)CCCNS(=O)(=O)c1cc(CO)oc1Br. The van der Waals surface area contributed by atoms with Crippen LogP contribution in [-0.2, 0) is 16.6 Å². The van der Waals surface area contributed by atoms with Gasteiger partial charge in [-0.25, -0.2) is 13.1 Å². The highest BCUT2D eigenvalue weighted by Gasteiger charge is 2.21.